The van der Waals surface area contributed by atoms with Crippen LogP contribution in [0.3, 0.4) is 0 Å². The standard InChI is InChI=1S/C26H24N4O3/c1-2-33-24(31)14-19-7-3-4-9-22(19)30-26(32)23-13-18-10-11-28-16-21(18)25(29-23)20-8-5-6-17(12-20)15-27/h3-13,16H,2,14-15,27H2,1H3,(H,30,32). The lowest BCUT2D eigenvalue weighted by atomic mass is 10.0. The maximum atomic E-state index is 13.2. The molecule has 0 saturated carbocycles. The minimum atomic E-state index is -0.374. The van der Waals surface area contributed by atoms with Crippen molar-refractivity contribution in [1.29, 1.82) is 0 Å². The molecule has 0 aliphatic rings. The Bertz CT molecular complexity index is 1320. The van der Waals surface area contributed by atoms with Crippen LogP contribution in [0, 0.1) is 0 Å². The number of anilines is 1. The van der Waals surface area contributed by atoms with Crippen molar-refractivity contribution in [2.24, 2.45) is 5.73 Å². The highest BCUT2D eigenvalue weighted by atomic mass is 16.5. The molecule has 33 heavy (non-hydrogen) atoms. The average molecular weight is 441 g/mol. The van der Waals surface area contributed by atoms with Crippen LogP contribution in [0.15, 0.2) is 73.1 Å². The molecule has 2 aromatic carbocycles. The van der Waals surface area contributed by atoms with E-state index in [1.54, 1.807) is 43.6 Å². The Kier molecular flexibility index (Phi) is 6.71. The molecule has 2 heterocycles. The predicted molar refractivity (Wildman–Crippen MR) is 128 cm³/mol. The molecule has 0 atom stereocenters. The Morgan fingerprint density at radius 2 is 1.91 bits per heavy atom. The molecule has 1 amide bonds. The first kappa shape index (κ1) is 22.1. The van der Waals surface area contributed by atoms with Crippen molar-refractivity contribution in [2.45, 2.75) is 19.9 Å². The van der Waals surface area contributed by atoms with Crippen LogP contribution in [0.1, 0.15) is 28.5 Å². The number of ether oxygens (including phenoxy) is 1. The molecule has 0 unspecified atom stereocenters. The van der Waals surface area contributed by atoms with E-state index in [1.807, 2.05) is 36.4 Å². The van der Waals surface area contributed by atoms with E-state index in [9.17, 15) is 9.59 Å². The largest absolute Gasteiger partial charge is 0.466 e. The number of carbonyl (C=O) groups excluding carboxylic acids is 2. The zero-order valence-corrected chi connectivity index (χ0v) is 18.2. The maximum absolute atomic E-state index is 13.2. The summed E-state index contributed by atoms with van der Waals surface area (Å²) in [4.78, 5) is 34.1. The number of hydrogen-bond donors (Lipinski definition) is 2. The van der Waals surface area contributed by atoms with Gasteiger partial charge in [0.25, 0.3) is 5.91 Å². The van der Waals surface area contributed by atoms with Gasteiger partial charge in [-0.25, -0.2) is 4.98 Å². The van der Waals surface area contributed by atoms with Crippen molar-refractivity contribution in [2.75, 3.05) is 11.9 Å². The van der Waals surface area contributed by atoms with Gasteiger partial charge in [0.2, 0.25) is 0 Å². The maximum Gasteiger partial charge on any atom is 0.310 e. The second-order valence-electron chi connectivity index (χ2n) is 7.45. The number of fused-ring (bicyclic) bond motifs is 1. The molecule has 0 saturated heterocycles. The monoisotopic (exact) mass is 440 g/mol. The molecule has 7 nitrogen and oxygen atoms in total. The van der Waals surface area contributed by atoms with Crippen LogP contribution in [0.25, 0.3) is 22.0 Å². The van der Waals surface area contributed by atoms with Crippen LogP contribution < -0.4 is 11.1 Å². The molecule has 7 heteroatoms. The highest BCUT2D eigenvalue weighted by molar-refractivity contribution is 6.07. The average Bonchev–Trinajstić information content (AvgIpc) is 2.84. The van der Waals surface area contributed by atoms with E-state index >= 15 is 0 Å². The Hall–Kier alpha value is -4.10. The number of aromatic nitrogens is 2. The zero-order chi connectivity index (χ0) is 23.2. The first-order valence-corrected chi connectivity index (χ1v) is 10.7. The number of rotatable bonds is 7. The SMILES string of the molecule is CCOC(=O)Cc1ccccc1NC(=O)c1cc2ccncc2c(-c2cccc(CN)c2)n1. The lowest BCUT2D eigenvalue weighted by Crippen LogP contribution is -2.17. The third kappa shape index (κ3) is 5.05. The van der Waals surface area contributed by atoms with Crippen LogP contribution in [0.5, 0.6) is 0 Å². The summed E-state index contributed by atoms with van der Waals surface area (Å²) >= 11 is 0. The Balaban J connectivity index is 1.71. The summed E-state index contributed by atoms with van der Waals surface area (Å²) in [6.45, 7) is 2.46. The number of benzene rings is 2. The fraction of sp³-hybridized carbons (Fsp3) is 0.154. The number of amides is 1. The number of hydrogen-bond acceptors (Lipinski definition) is 6. The lowest BCUT2D eigenvalue weighted by Gasteiger charge is -2.13. The number of nitrogens with zero attached hydrogens (tertiary/aromatic N) is 2. The molecule has 166 valence electrons. The smallest absolute Gasteiger partial charge is 0.310 e. The van der Waals surface area contributed by atoms with E-state index in [2.05, 4.69) is 15.3 Å². The fourth-order valence-electron chi connectivity index (χ4n) is 3.62. The minimum absolute atomic E-state index is 0.0677. The van der Waals surface area contributed by atoms with Gasteiger partial charge in [0, 0.05) is 35.6 Å². The van der Waals surface area contributed by atoms with Crippen molar-refractivity contribution >= 4 is 28.3 Å². The quantitative estimate of drug-likeness (QED) is 0.419. The van der Waals surface area contributed by atoms with Gasteiger partial charge in [-0.15, -0.1) is 0 Å². The first-order chi connectivity index (χ1) is 16.1. The van der Waals surface area contributed by atoms with Gasteiger partial charge in [-0.2, -0.15) is 0 Å². The zero-order valence-electron chi connectivity index (χ0n) is 18.2. The van der Waals surface area contributed by atoms with E-state index in [0.29, 0.717) is 30.1 Å². The number of para-hydroxylation sites is 1. The van der Waals surface area contributed by atoms with Crippen molar-refractivity contribution in [3.63, 3.8) is 0 Å². The first-order valence-electron chi connectivity index (χ1n) is 10.7. The molecule has 4 aromatic rings. The van der Waals surface area contributed by atoms with Crippen molar-refractivity contribution < 1.29 is 14.3 Å². The normalized spacial score (nSPS) is 10.7. The Labute approximate surface area is 191 Å². The number of carbonyl (C=O) groups is 2. The van der Waals surface area contributed by atoms with Gasteiger partial charge in [-0.05, 0) is 47.7 Å². The summed E-state index contributed by atoms with van der Waals surface area (Å²) in [6.07, 6.45) is 3.49. The van der Waals surface area contributed by atoms with Gasteiger partial charge >= 0.3 is 5.97 Å². The number of nitrogens with one attached hydrogen (secondary N) is 1. The van der Waals surface area contributed by atoms with Gasteiger partial charge in [-0.1, -0.05) is 36.4 Å². The van der Waals surface area contributed by atoms with E-state index in [4.69, 9.17) is 10.5 Å². The van der Waals surface area contributed by atoms with Crippen molar-refractivity contribution in [3.8, 4) is 11.3 Å². The highest BCUT2D eigenvalue weighted by Gasteiger charge is 2.16. The van der Waals surface area contributed by atoms with Crippen LogP contribution in [-0.2, 0) is 22.5 Å². The molecule has 2 aromatic heterocycles. The van der Waals surface area contributed by atoms with Gasteiger partial charge in [0.15, 0.2) is 0 Å². The summed E-state index contributed by atoms with van der Waals surface area (Å²) in [5, 5.41) is 4.58. The Morgan fingerprint density at radius 3 is 2.73 bits per heavy atom. The predicted octanol–water partition coefficient (Wildman–Crippen LogP) is 4.11. The van der Waals surface area contributed by atoms with Gasteiger partial charge in [-0.3, -0.25) is 14.6 Å². The van der Waals surface area contributed by atoms with Crippen molar-refractivity contribution in [1.82, 2.24) is 9.97 Å². The molecule has 3 N–H and O–H groups in total. The molecule has 0 aliphatic carbocycles. The van der Waals surface area contributed by atoms with Crippen molar-refractivity contribution in [3.05, 3.63) is 89.9 Å². The van der Waals surface area contributed by atoms with Gasteiger partial charge in [0.05, 0.1) is 18.7 Å². The van der Waals surface area contributed by atoms with Crippen LogP contribution in [-0.4, -0.2) is 28.5 Å². The molecule has 0 spiro atoms. The topological polar surface area (TPSA) is 107 Å². The second-order valence-corrected chi connectivity index (χ2v) is 7.45. The molecular formula is C26H24N4O3. The third-order valence-electron chi connectivity index (χ3n) is 5.21. The number of esters is 1. The minimum Gasteiger partial charge on any atom is -0.466 e. The second kappa shape index (κ2) is 10.0. The summed E-state index contributed by atoms with van der Waals surface area (Å²) in [5.41, 5.74) is 9.76. The summed E-state index contributed by atoms with van der Waals surface area (Å²) in [7, 11) is 0. The molecule has 0 aliphatic heterocycles. The van der Waals surface area contributed by atoms with Crippen LogP contribution in [0.4, 0.5) is 5.69 Å². The van der Waals surface area contributed by atoms with E-state index < -0.39 is 0 Å². The summed E-state index contributed by atoms with van der Waals surface area (Å²) in [5.74, 6) is -0.723. The molecule has 4 rings (SSSR count). The van der Waals surface area contributed by atoms with E-state index in [1.165, 1.54) is 0 Å². The fourth-order valence-corrected chi connectivity index (χ4v) is 3.62. The molecule has 0 bridgehead atoms. The van der Waals surface area contributed by atoms with Crippen LogP contribution in [0.2, 0.25) is 0 Å². The molecular weight excluding hydrogens is 416 g/mol. The summed E-state index contributed by atoms with van der Waals surface area (Å²) in [6, 6.07) is 18.5. The summed E-state index contributed by atoms with van der Waals surface area (Å²) < 4.78 is 5.04. The highest BCUT2D eigenvalue weighted by Crippen LogP contribution is 2.28. The van der Waals surface area contributed by atoms with E-state index in [0.717, 1.165) is 21.9 Å². The Morgan fingerprint density at radius 1 is 1.06 bits per heavy atom. The number of nitrogens with two attached hydrogens (primary N) is 1. The number of pyridine rings is 2. The molecule has 0 radical (unpaired) electrons. The van der Waals surface area contributed by atoms with Gasteiger partial charge < -0.3 is 15.8 Å². The lowest BCUT2D eigenvalue weighted by molar-refractivity contribution is -0.142. The van der Waals surface area contributed by atoms with Crippen LogP contribution >= 0.6 is 0 Å². The van der Waals surface area contributed by atoms with Gasteiger partial charge in [0.1, 0.15) is 5.69 Å². The van der Waals surface area contributed by atoms with E-state index in [-0.39, 0.29) is 24.0 Å². The third-order valence-corrected chi connectivity index (χ3v) is 5.21. The molecule has 0 fully saturated rings.